The Morgan fingerprint density at radius 2 is 1.92 bits per heavy atom. The number of nitrogens with two attached hydrogens (primary N) is 2. The third kappa shape index (κ3) is 2.80. The molecule has 0 atom stereocenters. The van der Waals surface area contributed by atoms with E-state index in [1.807, 2.05) is 6.07 Å². The van der Waals surface area contributed by atoms with Gasteiger partial charge in [0.1, 0.15) is 11.6 Å². The number of H-pyrrole nitrogens is 1. The average Bonchev–Trinajstić information content (AvgIpc) is 3.04. The molecule has 4 rings (SSSR count). The monoisotopic (exact) mass is 336 g/mol. The maximum absolute atomic E-state index is 14.4. The summed E-state index contributed by atoms with van der Waals surface area (Å²) in [6.07, 6.45) is 3.13. The SMILES string of the molecule is Nc1ncc(-c2ccc(Oc3ccc4[nH]ncc4c3)c(F)c2)c(N)n1. The van der Waals surface area contributed by atoms with Crippen LogP contribution in [0, 0.1) is 5.82 Å². The number of fused-ring (bicyclic) bond motifs is 1. The highest BCUT2D eigenvalue weighted by molar-refractivity contribution is 5.79. The van der Waals surface area contributed by atoms with Crippen LogP contribution < -0.4 is 16.2 Å². The lowest BCUT2D eigenvalue weighted by atomic mass is 10.1. The summed E-state index contributed by atoms with van der Waals surface area (Å²) in [4.78, 5) is 7.76. The van der Waals surface area contributed by atoms with Crippen molar-refractivity contribution in [2.75, 3.05) is 11.5 Å². The van der Waals surface area contributed by atoms with Gasteiger partial charge in [-0.25, -0.2) is 9.37 Å². The van der Waals surface area contributed by atoms with Gasteiger partial charge in [-0.1, -0.05) is 6.07 Å². The van der Waals surface area contributed by atoms with Crippen LogP contribution in [0.4, 0.5) is 16.2 Å². The number of anilines is 2. The lowest BCUT2D eigenvalue weighted by Gasteiger charge is -2.09. The highest BCUT2D eigenvalue weighted by atomic mass is 19.1. The maximum atomic E-state index is 14.4. The predicted molar refractivity (Wildman–Crippen MR) is 92.4 cm³/mol. The quantitative estimate of drug-likeness (QED) is 0.529. The van der Waals surface area contributed by atoms with Gasteiger partial charge in [0, 0.05) is 17.1 Å². The maximum Gasteiger partial charge on any atom is 0.221 e. The molecule has 5 N–H and O–H groups in total. The number of hydrogen-bond donors (Lipinski definition) is 3. The van der Waals surface area contributed by atoms with E-state index in [4.69, 9.17) is 16.2 Å². The van der Waals surface area contributed by atoms with Gasteiger partial charge in [0.05, 0.1) is 11.7 Å². The van der Waals surface area contributed by atoms with E-state index in [0.717, 1.165) is 10.9 Å². The molecule has 0 unspecified atom stereocenters. The van der Waals surface area contributed by atoms with Gasteiger partial charge in [-0.15, -0.1) is 0 Å². The van der Waals surface area contributed by atoms with E-state index < -0.39 is 5.82 Å². The first kappa shape index (κ1) is 14.9. The Morgan fingerprint density at radius 3 is 2.72 bits per heavy atom. The number of aromatic nitrogens is 4. The van der Waals surface area contributed by atoms with Crippen molar-refractivity contribution in [3.05, 3.63) is 54.6 Å². The number of ether oxygens (including phenoxy) is 1. The average molecular weight is 336 g/mol. The lowest BCUT2D eigenvalue weighted by molar-refractivity contribution is 0.443. The number of nitrogens with one attached hydrogen (secondary N) is 1. The fourth-order valence-electron chi connectivity index (χ4n) is 2.49. The molecule has 0 radical (unpaired) electrons. The van der Waals surface area contributed by atoms with Gasteiger partial charge in [-0.3, -0.25) is 5.10 Å². The van der Waals surface area contributed by atoms with Crippen LogP contribution in [-0.2, 0) is 0 Å². The van der Waals surface area contributed by atoms with Crippen molar-refractivity contribution in [2.45, 2.75) is 0 Å². The molecule has 4 aromatic rings. The van der Waals surface area contributed by atoms with E-state index in [-0.39, 0.29) is 17.5 Å². The van der Waals surface area contributed by atoms with Crippen molar-refractivity contribution in [2.24, 2.45) is 0 Å². The summed E-state index contributed by atoms with van der Waals surface area (Å²) < 4.78 is 20.1. The Kier molecular flexibility index (Phi) is 3.42. The second kappa shape index (κ2) is 5.75. The Balaban J connectivity index is 1.65. The van der Waals surface area contributed by atoms with Crippen LogP contribution in [0.15, 0.2) is 48.8 Å². The lowest BCUT2D eigenvalue weighted by Crippen LogP contribution is -2.01. The smallest absolute Gasteiger partial charge is 0.221 e. The summed E-state index contributed by atoms with van der Waals surface area (Å²) in [6, 6.07) is 9.85. The molecule has 7 nitrogen and oxygen atoms in total. The summed E-state index contributed by atoms with van der Waals surface area (Å²) >= 11 is 0. The first-order chi connectivity index (χ1) is 12.1. The summed E-state index contributed by atoms with van der Waals surface area (Å²) in [5, 5.41) is 7.66. The molecule has 2 heterocycles. The molecule has 8 heteroatoms. The second-order valence-electron chi connectivity index (χ2n) is 5.39. The van der Waals surface area contributed by atoms with E-state index in [9.17, 15) is 4.39 Å². The van der Waals surface area contributed by atoms with Crippen LogP contribution >= 0.6 is 0 Å². The van der Waals surface area contributed by atoms with E-state index in [0.29, 0.717) is 16.9 Å². The molecule has 0 aliphatic rings. The Bertz CT molecular complexity index is 1080. The highest BCUT2D eigenvalue weighted by Gasteiger charge is 2.11. The number of halogens is 1. The van der Waals surface area contributed by atoms with Crippen LogP contribution in [0.3, 0.4) is 0 Å². The second-order valence-corrected chi connectivity index (χ2v) is 5.39. The van der Waals surface area contributed by atoms with Gasteiger partial charge in [-0.05, 0) is 35.9 Å². The standard InChI is InChI=1S/C17H13FN6O/c18-13-6-9(12-8-21-17(20)23-16(12)19)1-4-15(13)25-11-2-3-14-10(5-11)7-22-24-14/h1-8H,(H,22,24)(H4,19,20,21,23). The Morgan fingerprint density at radius 1 is 1.04 bits per heavy atom. The molecule has 124 valence electrons. The number of rotatable bonds is 3. The largest absolute Gasteiger partial charge is 0.454 e. The molecule has 0 bridgehead atoms. The van der Waals surface area contributed by atoms with Gasteiger partial charge < -0.3 is 16.2 Å². The summed E-state index contributed by atoms with van der Waals surface area (Å²) in [6.45, 7) is 0. The fraction of sp³-hybridized carbons (Fsp3) is 0. The minimum Gasteiger partial charge on any atom is -0.454 e. The van der Waals surface area contributed by atoms with Crippen molar-refractivity contribution < 1.29 is 9.13 Å². The molecule has 0 saturated heterocycles. The van der Waals surface area contributed by atoms with Crippen LogP contribution in [-0.4, -0.2) is 20.2 Å². The van der Waals surface area contributed by atoms with Crippen LogP contribution in [0.2, 0.25) is 0 Å². The number of nitrogens with zero attached hydrogens (tertiary/aromatic N) is 3. The molecular weight excluding hydrogens is 323 g/mol. The first-order valence-electron chi connectivity index (χ1n) is 7.39. The Labute approximate surface area is 141 Å². The van der Waals surface area contributed by atoms with Crippen LogP contribution in [0.5, 0.6) is 11.5 Å². The zero-order valence-electron chi connectivity index (χ0n) is 12.9. The van der Waals surface area contributed by atoms with Crippen molar-refractivity contribution in [3.63, 3.8) is 0 Å². The van der Waals surface area contributed by atoms with E-state index >= 15 is 0 Å². The predicted octanol–water partition coefficient (Wildman–Crippen LogP) is 3.12. The van der Waals surface area contributed by atoms with Crippen molar-refractivity contribution >= 4 is 22.7 Å². The van der Waals surface area contributed by atoms with Crippen LogP contribution in [0.1, 0.15) is 0 Å². The third-order valence-electron chi connectivity index (χ3n) is 3.72. The van der Waals surface area contributed by atoms with Gasteiger partial charge in [0.25, 0.3) is 0 Å². The third-order valence-corrected chi connectivity index (χ3v) is 3.72. The molecule has 0 aliphatic carbocycles. The van der Waals surface area contributed by atoms with Gasteiger partial charge in [0.2, 0.25) is 5.95 Å². The van der Waals surface area contributed by atoms with Crippen molar-refractivity contribution in [1.82, 2.24) is 20.2 Å². The van der Waals surface area contributed by atoms with Crippen LogP contribution in [0.25, 0.3) is 22.0 Å². The highest BCUT2D eigenvalue weighted by Crippen LogP contribution is 2.31. The molecule has 0 amide bonds. The van der Waals surface area contributed by atoms with Crippen molar-refractivity contribution in [1.29, 1.82) is 0 Å². The van der Waals surface area contributed by atoms with Crippen molar-refractivity contribution in [3.8, 4) is 22.6 Å². The summed E-state index contributed by atoms with van der Waals surface area (Å²) in [5.74, 6) is 0.334. The fourth-order valence-corrected chi connectivity index (χ4v) is 2.49. The van der Waals surface area contributed by atoms with Gasteiger partial charge in [-0.2, -0.15) is 10.1 Å². The molecule has 0 saturated carbocycles. The van der Waals surface area contributed by atoms with E-state index in [1.54, 1.807) is 24.4 Å². The van der Waals surface area contributed by atoms with Gasteiger partial charge in [0.15, 0.2) is 11.6 Å². The molecule has 0 spiro atoms. The number of nitrogen functional groups attached to an aromatic ring is 2. The normalized spacial score (nSPS) is 10.9. The zero-order valence-corrected chi connectivity index (χ0v) is 12.9. The molecule has 2 aromatic carbocycles. The molecule has 25 heavy (non-hydrogen) atoms. The summed E-state index contributed by atoms with van der Waals surface area (Å²) in [5.41, 5.74) is 13.2. The number of benzene rings is 2. The van der Waals surface area contributed by atoms with E-state index in [1.165, 1.54) is 18.3 Å². The van der Waals surface area contributed by atoms with E-state index in [2.05, 4.69) is 20.2 Å². The minimum atomic E-state index is -0.527. The summed E-state index contributed by atoms with van der Waals surface area (Å²) in [7, 11) is 0. The molecule has 0 fully saturated rings. The number of hydrogen-bond acceptors (Lipinski definition) is 6. The molecule has 0 aliphatic heterocycles. The first-order valence-corrected chi connectivity index (χ1v) is 7.39. The molecule has 2 aromatic heterocycles. The molecular formula is C17H13FN6O. The number of aromatic amines is 1. The minimum absolute atomic E-state index is 0.0660. The zero-order chi connectivity index (χ0) is 17.4. The Hall–Kier alpha value is -3.68. The topological polar surface area (TPSA) is 116 Å². The van der Waals surface area contributed by atoms with Gasteiger partial charge >= 0.3 is 0 Å².